The molecule has 1 aliphatic carbocycles. The average Bonchev–Trinajstić information content (AvgIpc) is 3.63. The summed E-state index contributed by atoms with van der Waals surface area (Å²) in [7, 11) is 1.64. The van der Waals surface area contributed by atoms with Gasteiger partial charge in [0, 0.05) is 36.1 Å². The second-order valence-corrected chi connectivity index (χ2v) is 8.27. The van der Waals surface area contributed by atoms with Crippen LogP contribution in [0.2, 0.25) is 0 Å². The van der Waals surface area contributed by atoms with E-state index in [1.54, 1.807) is 7.11 Å². The number of para-hydroxylation sites is 1. The normalized spacial score (nSPS) is 13.8. The zero-order chi connectivity index (χ0) is 23.4. The van der Waals surface area contributed by atoms with Gasteiger partial charge in [0.05, 0.1) is 12.5 Å². The van der Waals surface area contributed by atoms with Crippen molar-refractivity contribution in [1.82, 2.24) is 9.97 Å². The number of nitrogens with zero attached hydrogens (tertiary/aromatic N) is 3. The fourth-order valence-electron chi connectivity index (χ4n) is 4.14. The summed E-state index contributed by atoms with van der Waals surface area (Å²) in [6.45, 7) is 7.89. The van der Waals surface area contributed by atoms with E-state index in [-0.39, 0.29) is 5.91 Å². The topological polar surface area (TPSA) is 79.4 Å². The van der Waals surface area contributed by atoms with Gasteiger partial charge in [-0.05, 0) is 63.9 Å². The van der Waals surface area contributed by atoms with Crippen molar-refractivity contribution in [3.05, 3.63) is 66.0 Å². The van der Waals surface area contributed by atoms with Gasteiger partial charge in [-0.3, -0.25) is 4.79 Å². The Labute approximate surface area is 195 Å². The molecule has 0 unspecified atom stereocenters. The van der Waals surface area contributed by atoms with E-state index in [4.69, 9.17) is 4.74 Å². The summed E-state index contributed by atoms with van der Waals surface area (Å²) < 4.78 is 5.49. The Morgan fingerprint density at radius 1 is 1.03 bits per heavy atom. The van der Waals surface area contributed by atoms with Gasteiger partial charge < -0.3 is 20.3 Å². The largest absolute Gasteiger partial charge is 0.496 e. The minimum absolute atomic E-state index is 0.00278. The first-order valence-corrected chi connectivity index (χ1v) is 11.4. The minimum Gasteiger partial charge on any atom is -0.496 e. The van der Waals surface area contributed by atoms with E-state index in [0.717, 1.165) is 66.1 Å². The predicted octanol–water partition coefficient (Wildman–Crippen LogP) is 5.05. The quantitative estimate of drug-likeness (QED) is 0.480. The molecule has 7 heteroatoms. The molecule has 3 aromatic rings. The molecule has 0 saturated heterocycles. The minimum atomic E-state index is -0.511. The van der Waals surface area contributed by atoms with E-state index >= 15 is 0 Å². The molecule has 1 aliphatic rings. The Balaban J connectivity index is 1.46. The van der Waals surface area contributed by atoms with Gasteiger partial charge in [0.15, 0.2) is 0 Å². The molecule has 1 aromatic heterocycles. The Kier molecular flexibility index (Phi) is 6.49. The number of benzene rings is 2. The zero-order valence-electron chi connectivity index (χ0n) is 19.7. The van der Waals surface area contributed by atoms with Crippen LogP contribution in [0.5, 0.6) is 5.75 Å². The lowest BCUT2D eigenvalue weighted by atomic mass is 9.94. The molecule has 0 spiro atoms. The molecule has 7 nitrogen and oxygen atoms in total. The first-order valence-electron chi connectivity index (χ1n) is 11.4. The first-order chi connectivity index (χ1) is 16.0. The highest BCUT2D eigenvalue weighted by atomic mass is 16.5. The van der Waals surface area contributed by atoms with E-state index < -0.39 is 5.41 Å². The highest BCUT2D eigenvalue weighted by Gasteiger charge is 2.52. The molecule has 33 heavy (non-hydrogen) atoms. The zero-order valence-corrected chi connectivity index (χ0v) is 19.7. The number of hydrogen-bond acceptors (Lipinski definition) is 6. The SMILES string of the molecule is CCN(CC)c1cc(Nc2ccc(NC(=O)C3(c4ccccc4OC)CC3)cc2)nc(C)n1. The van der Waals surface area contributed by atoms with Crippen molar-refractivity contribution in [2.24, 2.45) is 0 Å². The predicted molar refractivity (Wildman–Crippen MR) is 133 cm³/mol. The second-order valence-electron chi connectivity index (χ2n) is 8.27. The molecule has 1 saturated carbocycles. The molecule has 2 N–H and O–H groups in total. The Hall–Kier alpha value is -3.61. The molecular formula is C26H31N5O2. The van der Waals surface area contributed by atoms with Gasteiger partial charge in [-0.15, -0.1) is 0 Å². The molecule has 0 aliphatic heterocycles. The maximum Gasteiger partial charge on any atom is 0.235 e. The van der Waals surface area contributed by atoms with Crippen molar-refractivity contribution in [3.63, 3.8) is 0 Å². The van der Waals surface area contributed by atoms with Gasteiger partial charge in [0.1, 0.15) is 23.2 Å². The molecule has 0 atom stereocenters. The number of carbonyl (C=O) groups excluding carboxylic acids is 1. The van der Waals surface area contributed by atoms with Crippen LogP contribution in [0.15, 0.2) is 54.6 Å². The lowest BCUT2D eigenvalue weighted by molar-refractivity contribution is -0.118. The molecule has 1 heterocycles. The first kappa shape index (κ1) is 22.6. The number of rotatable bonds is 9. The number of amides is 1. The lowest BCUT2D eigenvalue weighted by Crippen LogP contribution is -2.28. The summed E-state index contributed by atoms with van der Waals surface area (Å²) in [6.07, 6.45) is 1.64. The van der Waals surface area contributed by atoms with Crippen LogP contribution in [-0.2, 0) is 10.2 Å². The number of hydrogen-bond donors (Lipinski definition) is 2. The van der Waals surface area contributed by atoms with E-state index in [9.17, 15) is 4.79 Å². The van der Waals surface area contributed by atoms with Gasteiger partial charge in [-0.1, -0.05) is 18.2 Å². The number of nitrogens with one attached hydrogen (secondary N) is 2. The van der Waals surface area contributed by atoms with E-state index in [1.807, 2.05) is 61.5 Å². The van der Waals surface area contributed by atoms with E-state index in [1.165, 1.54) is 0 Å². The molecule has 0 radical (unpaired) electrons. The summed E-state index contributed by atoms with van der Waals surface area (Å²) in [5, 5.41) is 6.42. The summed E-state index contributed by atoms with van der Waals surface area (Å²) in [4.78, 5) is 24.4. The Morgan fingerprint density at radius 2 is 1.70 bits per heavy atom. The molecule has 0 bridgehead atoms. The summed E-state index contributed by atoms with van der Waals surface area (Å²) in [6, 6.07) is 17.4. The van der Waals surface area contributed by atoms with E-state index in [0.29, 0.717) is 0 Å². The Bertz CT molecular complexity index is 1120. The standard InChI is InChI=1S/C26H31N5O2/c1-5-31(6-2)24-17-23(27-18(3)28-24)29-19-11-13-20(14-12-19)30-25(32)26(15-16-26)21-9-7-8-10-22(21)33-4/h7-14,17H,5-6,15-16H2,1-4H3,(H,30,32)(H,27,28,29). The molecule has 2 aromatic carbocycles. The van der Waals surface area contributed by atoms with Crippen molar-refractivity contribution < 1.29 is 9.53 Å². The summed E-state index contributed by atoms with van der Waals surface area (Å²) in [5.41, 5.74) is 2.09. The van der Waals surface area contributed by atoms with Crippen molar-refractivity contribution in [2.75, 3.05) is 35.7 Å². The third-order valence-corrected chi connectivity index (χ3v) is 6.13. The molecule has 1 fully saturated rings. The monoisotopic (exact) mass is 445 g/mol. The van der Waals surface area contributed by atoms with Crippen molar-refractivity contribution in [3.8, 4) is 5.75 Å². The van der Waals surface area contributed by atoms with Crippen LogP contribution in [0.1, 0.15) is 38.1 Å². The third kappa shape index (κ3) is 4.77. The van der Waals surface area contributed by atoms with Gasteiger partial charge in [-0.2, -0.15) is 0 Å². The maximum absolute atomic E-state index is 13.1. The highest BCUT2D eigenvalue weighted by Crippen LogP contribution is 2.52. The number of aryl methyl sites for hydroxylation is 1. The van der Waals surface area contributed by atoms with Gasteiger partial charge in [0.2, 0.25) is 5.91 Å². The van der Waals surface area contributed by atoms with Crippen molar-refractivity contribution >= 4 is 28.9 Å². The van der Waals surface area contributed by atoms with Crippen LogP contribution >= 0.6 is 0 Å². The smallest absolute Gasteiger partial charge is 0.235 e. The number of carbonyl (C=O) groups is 1. The number of aromatic nitrogens is 2. The van der Waals surface area contributed by atoms with Gasteiger partial charge >= 0.3 is 0 Å². The third-order valence-electron chi connectivity index (χ3n) is 6.13. The molecule has 4 rings (SSSR count). The van der Waals surface area contributed by atoms with Gasteiger partial charge in [0.25, 0.3) is 0 Å². The van der Waals surface area contributed by atoms with Crippen molar-refractivity contribution in [1.29, 1.82) is 0 Å². The fraction of sp³-hybridized carbons (Fsp3) is 0.346. The Morgan fingerprint density at radius 3 is 2.33 bits per heavy atom. The molecule has 172 valence electrons. The fourth-order valence-corrected chi connectivity index (χ4v) is 4.14. The highest BCUT2D eigenvalue weighted by molar-refractivity contribution is 6.02. The number of ether oxygens (including phenoxy) is 1. The van der Waals surface area contributed by atoms with Crippen LogP contribution in [0, 0.1) is 6.92 Å². The summed E-state index contributed by atoms with van der Waals surface area (Å²) in [5.74, 6) is 3.13. The van der Waals surface area contributed by atoms with Crippen LogP contribution in [0.4, 0.5) is 23.0 Å². The lowest BCUT2D eigenvalue weighted by Gasteiger charge is -2.21. The van der Waals surface area contributed by atoms with Crippen LogP contribution in [-0.4, -0.2) is 36.1 Å². The van der Waals surface area contributed by atoms with Crippen LogP contribution in [0.3, 0.4) is 0 Å². The number of anilines is 4. The number of methoxy groups -OCH3 is 1. The van der Waals surface area contributed by atoms with Crippen LogP contribution < -0.4 is 20.3 Å². The molecular weight excluding hydrogens is 414 g/mol. The second kappa shape index (κ2) is 9.48. The van der Waals surface area contributed by atoms with E-state index in [2.05, 4.69) is 39.3 Å². The van der Waals surface area contributed by atoms with Crippen molar-refractivity contribution in [2.45, 2.75) is 39.0 Å². The van der Waals surface area contributed by atoms with Crippen LogP contribution in [0.25, 0.3) is 0 Å². The average molecular weight is 446 g/mol. The molecule has 1 amide bonds. The summed E-state index contributed by atoms with van der Waals surface area (Å²) >= 11 is 0. The maximum atomic E-state index is 13.1. The van der Waals surface area contributed by atoms with Gasteiger partial charge in [-0.25, -0.2) is 9.97 Å².